The first-order chi connectivity index (χ1) is 10.6. The van der Waals surface area contributed by atoms with Crippen LogP contribution in [0.1, 0.15) is 22.5 Å². The number of carbonyl (C=O) groups is 1. The number of fused-ring (bicyclic) bond motifs is 1. The van der Waals surface area contributed by atoms with E-state index in [0.717, 1.165) is 16.5 Å². The molecular formula is C15H14ClN3O3. The molecule has 0 aliphatic carbocycles. The fourth-order valence-corrected chi connectivity index (χ4v) is 2.45. The lowest BCUT2D eigenvalue weighted by atomic mass is 10.1. The van der Waals surface area contributed by atoms with Crippen molar-refractivity contribution in [2.45, 2.75) is 19.1 Å². The van der Waals surface area contributed by atoms with Gasteiger partial charge in [-0.25, -0.2) is 0 Å². The van der Waals surface area contributed by atoms with E-state index < -0.39 is 12.1 Å². The Hall–Kier alpha value is -2.31. The molecule has 22 heavy (non-hydrogen) atoms. The Morgan fingerprint density at radius 2 is 2.32 bits per heavy atom. The topological polar surface area (TPSA) is 91.2 Å². The Labute approximate surface area is 131 Å². The molecular weight excluding hydrogens is 306 g/mol. The van der Waals surface area contributed by atoms with E-state index in [9.17, 15) is 9.90 Å². The highest BCUT2D eigenvalue weighted by Crippen LogP contribution is 2.23. The van der Waals surface area contributed by atoms with E-state index in [2.05, 4.69) is 20.0 Å². The quantitative estimate of drug-likeness (QED) is 0.630. The van der Waals surface area contributed by atoms with Gasteiger partial charge in [-0.05, 0) is 36.6 Å². The summed E-state index contributed by atoms with van der Waals surface area (Å²) in [6.07, 6.45) is 3.20. The standard InChI is InChI=1S/C15H14ClN3O3/c16-10-2-3-12-11(7-10)9(8-17-12)1-4-14(20)18-15(21)13-5-6-22-19-13/h2-3,5-8,14,17,20H,1,4H2,(H,18,21). The lowest BCUT2D eigenvalue weighted by Gasteiger charge is -2.11. The van der Waals surface area contributed by atoms with Gasteiger partial charge < -0.3 is 19.9 Å². The third-order valence-electron chi connectivity index (χ3n) is 3.38. The van der Waals surface area contributed by atoms with Gasteiger partial charge in [0.1, 0.15) is 12.5 Å². The number of benzene rings is 1. The Balaban J connectivity index is 1.61. The predicted octanol–water partition coefficient (Wildman–Crippen LogP) is 2.49. The number of aliphatic hydroxyl groups is 1. The summed E-state index contributed by atoms with van der Waals surface area (Å²) in [5, 5.41) is 17.6. The molecule has 0 aliphatic heterocycles. The minimum absolute atomic E-state index is 0.137. The highest BCUT2D eigenvalue weighted by atomic mass is 35.5. The summed E-state index contributed by atoms with van der Waals surface area (Å²) in [7, 11) is 0. The summed E-state index contributed by atoms with van der Waals surface area (Å²) >= 11 is 6.00. The van der Waals surface area contributed by atoms with E-state index >= 15 is 0 Å². The molecule has 0 spiro atoms. The molecule has 1 aromatic carbocycles. The van der Waals surface area contributed by atoms with Gasteiger partial charge in [-0.15, -0.1) is 0 Å². The number of nitrogens with one attached hydrogen (secondary N) is 2. The van der Waals surface area contributed by atoms with E-state index in [-0.39, 0.29) is 5.69 Å². The highest BCUT2D eigenvalue weighted by Gasteiger charge is 2.14. The van der Waals surface area contributed by atoms with Crippen LogP contribution in [0.25, 0.3) is 10.9 Å². The number of hydrogen-bond acceptors (Lipinski definition) is 4. The zero-order valence-corrected chi connectivity index (χ0v) is 12.3. The summed E-state index contributed by atoms with van der Waals surface area (Å²) in [4.78, 5) is 14.9. The first kappa shape index (κ1) is 14.6. The van der Waals surface area contributed by atoms with Gasteiger partial charge in [0.25, 0.3) is 5.91 Å². The van der Waals surface area contributed by atoms with Gasteiger partial charge in [0, 0.05) is 28.2 Å². The fourth-order valence-electron chi connectivity index (χ4n) is 2.28. The molecule has 0 saturated carbocycles. The van der Waals surface area contributed by atoms with Crippen LogP contribution in [0.4, 0.5) is 0 Å². The van der Waals surface area contributed by atoms with E-state index in [1.165, 1.54) is 12.3 Å². The molecule has 7 heteroatoms. The van der Waals surface area contributed by atoms with Crippen LogP contribution in [-0.4, -0.2) is 27.4 Å². The van der Waals surface area contributed by atoms with Crippen LogP contribution >= 0.6 is 11.6 Å². The molecule has 114 valence electrons. The van der Waals surface area contributed by atoms with Crippen LogP contribution < -0.4 is 5.32 Å². The van der Waals surface area contributed by atoms with Crippen molar-refractivity contribution < 1.29 is 14.4 Å². The van der Waals surface area contributed by atoms with Crippen molar-refractivity contribution in [2.75, 3.05) is 0 Å². The Morgan fingerprint density at radius 1 is 1.45 bits per heavy atom. The molecule has 2 heterocycles. The van der Waals surface area contributed by atoms with Crippen LogP contribution in [0.2, 0.25) is 5.02 Å². The number of aromatic amines is 1. The fraction of sp³-hybridized carbons (Fsp3) is 0.200. The number of H-pyrrole nitrogens is 1. The number of aromatic nitrogens is 2. The Morgan fingerprint density at radius 3 is 3.09 bits per heavy atom. The number of hydrogen-bond donors (Lipinski definition) is 3. The largest absolute Gasteiger partial charge is 0.374 e. The van der Waals surface area contributed by atoms with Crippen molar-refractivity contribution in [3.8, 4) is 0 Å². The van der Waals surface area contributed by atoms with Crippen LogP contribution in [-0.2, 0) is 6.42 Å². The minimum Gasteiger partial charge on any atom is -0.374 e. The monoisotopic (exact) mass is 319 g/mol. The highest BCUT2D eigenvalue weighted by molar-refractivity contribution is 6.31. The van der Waals surface area contributed by atoms with E-state index in [1.807, 2.05) is 24.4 Å². The van der Waals surface area contributed by atoms with Crippen LogP contribution in [0.5, 0.6) is 0 Å². The van der Waals surface area contributed by atoms with Crippen molar-refractivity contribution in [1.29, 1.82) is 0 Å². The molecule has 3 N–H and O–H groups in total. The predicted molar refractivity (Wildman–Crippen MR) is 81.6 cm³/mol. The molecule has 0 bridgehead atoms. The van der Waals surface area contributed by atoms with E-state index in [4.69, 9.17) is 11.6 Å². The Kier molecular flexibility index (Phi) is 4.13. The van der Waals surface area contributed by atoms with Crippen LogP contribution in [0.15, 0.2) is 41.2 Å². The maximum absolute atomic E-state index is 11.7. The molecule has 3 aromatic rings. The molecule has 1 unspecified atom stereocenters. The van der Waals surface area contributed by atoms with Crippen molar-refractivity contribution >= 4 is 28.4 Å². The number of nitrogens with zero attached hydrogens (tertiary/aromatic N) is 1. The zero-order chi connectivity index (χ0) is 15.5. The van der Waals surface area contributed by atoms with Gasteiger partial charge in [0.2, 0.25) is 0 Å². The molecule has 0 fully saturated rings. The maximum atomic E-state index is 11.7. The van der Waals surface area contributed by atoms with Gasteiger partial charge >= 0.3 is 0 Å². The molecule has 6 nitrogen and oxygen atoms in total. The molecule has 1 atom stereocenters. The van der Waals surface area contributed by atoms with Crippen molar-refractivity contribution in [2.24, 2.45) is 0 Å². The SMILES string of the molecule is O=C(NC(O)CCc1c[nH]c2ccc(Cl)cc12)c1ccon1. The van der Waals surface area contributed by atoms with Crippen molar-refractivity contribution in [3.05, 3.63) is 53.0 Å². The smallest absolute Gasteiger partial charge is 0.275 e. The van der Waals surface area contributed by atoms with Gasteiger partial charge in [-0.3, -0.25) is 4.79 Å². The average Bonchev–Trinajstić information content (AvgIpc) is 3.14. The average molecular weight is 320 g/mol. The van der Waals surface area contributed by atoms with E-state index in [0.29, 0.717) is 17.9 Å². The minimum atomic E-state index is -0.965. The second-order valence-corrected chi connectivity index (χ2v) is 5.35. The van der Waals surface area contributed by atoms with Gasteiger partial charge in [0.15, 0.2) is 5.69 Å². The number of aryl methyl sites for hydroxylation is 1. The summed E-state index contributed by atoms with van der Waals surface area (Å²) in [5.74, 6) is -0.469. The van der Waals surface area contributed by atoms with Crippen LogP contribution in [0, 0.1) is 0 Å². The third-order valence-corrected chi connectivity index (χ3v) is 3.62. The number of carbonyl (C=O) groups excluding carboxylic acids is 1. The molecule has 0 aliphatic rings. The zero-order valence-electron chi connectivity index (χ0n) is 11.5. The molecule has 3 rings (SSSR count). The summed E-state index contributed by atoms with van der Waals surface area (Å²) in [5.41, 5.74) is 2.16. The summed E-state index contributed by atoms with van der Waals surface area (Å²) in [6, 6.07) is 7.04. The normalized spacial score (nSPS) is 12.5. The number of halogens is 1. The lowest BCUT2D eigenvalue weighted by Crippen LogP contribution is -2.35. The summed E-state index contributed by atoms with van der Waals surface area (Å²) in [6.45, 7) is 0. The second-order valence-electron chi connectivity index (χ2n) is 4.92. The molecule has 0 saturated heterocycles. The van der Waals surface area contributed by atoms with Crippen molar-refractivity contribution in [1.82, 2.24) is 15.5 Å². The number of rotatable bonds is 5. The third kappa shape index (κ3) is 3.13. The first-order valence-electron chi connectivity index (χ1n) is 6.78. The summed E-state index contributed by atoms with van der Waals surface area (Å²) < 4.78 is 4.59. The maximum Gasteiger partial charge on any atom is 0.275 e. The van der Waals surface area contributed by atoms with Crippen LogP contribution in [0.3, 0.4) is 0 Å². The Bertz CT molecular complexity index is 783. The van der Waals surface area contributed by atoms with Gasteiger partial charge in [-0.1, -0.05) is 16.8 Å². The molecule has 0 radical (unpaired) electrons. The molecule has 1 amide bonds. The van der Waals surface area contributed by atoms with Gasteiger partial charge in [0.05, 0.1) is 0 Å². The first-order valence-corrected chi connectivity index (χ1v) is 7.16. The van der Waals surface area contributed by atoms with Crippen molar-refractivity contribution in [3.63, 3.8) is 0 Å². The number of amides is 1. The van der Waals surface area contributed by atoms with E-state index in [1.54, 1.807) is 0 Å². The lowest BCUT2D eigenvalue weighted by molar-refractivity contribution is 0.0757. The second kappa shape index (κ2) is 6.21. The molecule has 2 aromatic heterocycles. The van der Waals surface area contributed by atoms with Gasteiger partial charge in [-0.2, -0.15) is 0 Å². The number of aliphatic hydroxyl groups excluding tert-OH is 1.